The number of carboxylic acids is 1. The number of aromatic nitrogens is 2. The number of ether oxygens (including phenoxy) is 1. The highest BCUT2D eigenvalue weighted by molar-refractivity contribution is 5.97. The molecule has 9 heteroatoms. The van der Waals surface area contributed by atoms with Crippen molar-refractivity contribution in [2.45, 2.75) is 84.1 Å². The maximum absolute atomic E-state index is 13.7. The molecule has 1 aromatic heterocycles. The molecule has 0 radical (unpaired) electrons. The maximum Gasteiger partial charge on any atom is 0.308 e. The molecule has 2 atom stereocenters. The molecule has 9 nitrogen and oxygen atoms in total. The molecule has 5 rings (SSSR count). The minimum Gasteiger partial charge on any atom is -0.494 e. The van der Waals surface area contributed by atoms with E-state index in [4.69, 9.17) is 4.74 Å². The molecular weight excluding hydrogens is 640 g/mol. The quantitative estimate of drug-likeness (QED) is 0.123. The third-order valence-electron chi connectivity index (χ3n) is 9.47. The Bertz CT molecular complexity index is 1750. The first-order valence-electron chi connectivity index (χ1n) is 18.1. The fourth-order valence-electron chi connectivity index (χ4n) is 6.24. The summed E-state index contributed by atoms with van der Waals surface area (Å²) in [6, 6.07) is 22.2. The molecule has 2 unspecified atom stereocenters. The number of carboxylic acid groups (broad SMARTS) is 1. The number of likely N-dealkylation sites (tertiary alicyclic amines) is 1. The van der Waals surface area contributed by atoms with Gasteiger partial charge in [-0.15, -0.1) is 0 Å². The van der Waals surface area contributed by atoms with Gasteiger partial charge in [-0.1, -0.05) is 102 Å². The van der Waals surface area contributed by atoms with Crippen molar-refractivity contribution in [3.8, 4) is 28.3 Å². The molecule has 0 bridgehead atoms. The van der Waals surface area contributed by atoms with Gasteiger partial charge in [-0.2, -0.15) is 0 Å². The Morgan fingerprint density at radius 2 is 1.51 bits per heavy atom. The maximum atomic E-state index is 13.7. The van der Waals surface area contributed by atoms with Gasteiger partial charge >= 0.3 is 5.97 Å². The summed E-state index contributed by atoms with van der Waals surface area (Å²) in [6.45, 7) is 9.73. The van der Waals surface area contributed by atoms with Crippen LogP contribution in [-0.4, -0.2) is 63.5 Å². The first kappa shape index (κ1) is 37.2. The lowest BCUT2D eigenvalue weighted by Gasteiger charge is -2.25. The Kier molecular flexibility index (Phi) is 12.6. The van der Waals surface area contributed by atoms with Crippen LogP contribution < -0.4 is 10.1 Å². The van der Waals surface area contributed by atoms with Crippen molar-refractivity contribution in [2.75, 3.05) is 19.7 Å². The zero-order valence-electron chi connectivity index (χ0n) is 30.2. The zero-order chi connectivity index (χ0) is 36.4. The smallest absolute Gasteiger partial charge is 0.308 e. The highest BCUT2D eigenvalue weighted by atomic mass is 16.5. The van der Waals surface area contributed by atoms with Crippen molar-refractivity contribution in [3.63, 3.8) is 0 Å². The Hall–Kier alpha value is -5.05. The standard InChI is InChI=1S/C42H50N4O5/c1-5-6-7-8-9-24-51-36-20-16-30(17-21-36)34-26-43-38(44-27-34)31-12-10-29(11-13-31)25-37(40(48)46-23-22-33(28-46)41(49)50)45-39(47)32-14-18-35(19-15-32)42(2,3)4/h10-21,26-27,33,37H,5-9,22-25,28H2,1-4H3,(H,45,47)(H,49,50). The molecule has 51 heavy (non-hydrogen) atoms. The van der Waals surface area contributed by atoms with Gasteiger partial charge in [-0.25, -0.2) is 9.97 Å². The normalized spacial score (nSPS) is 15.0. The second kappa shape index (κ2) is 17.2. The van der Waals surface area contributed by atoms with Gasteiger partial charge in [-0.05, 0) is 59.2 Å². The van der Waals surface area contributed by atoms with Crippen molar-refractivity contribution >= 4 is 17.8 Å². The lowest BCUT2D eigenvalue weighted by Crippen LogP contribution is -2.49. The number of carbonyl (C=O) groups is 3. The fourth-order valence-corrected chi connectivity index (χ4v) is 6.24. The average molecular weight is 691 g/mol. The SMILES string of the molecule is CCCCCCCOc1ccc(-c2cnc(-c3ccc(CC(NC(=O)c4ccc(C(C)(C)C)cc4)C(=O)N4CCC(C(=O)O)C4)cc3)nc2)cc1. The number of benzene rings is 3. The molecule has 0 aliphatic carbocycles. The van der Waals surface area contributed by atoms with Gasteiger partial charge in [0.2, 0.25) is 5.91 Å². The van der Waals surface area contributed by atoms with Crippen LogP contribution in [0.5, 0.6) is 5.75 Å². The fraction of sp³-hybridized carbons (Fsp3) is 0.405. The molecule has 4 aromatic rings. The van der Waals surface area contributed by atoms with Crippen LogP contribution >= 0.6 is 0 Å². The van der Waals surface area contributed by atoms with Crippen LogP contribution in [0, 0.1) is 5.92 Å². The van der Waals surface area contributed by atoms with Crippen LogP contribution in [0.3, 0.4) is 0 Å². The molecular formula is C42H50N4O5. The summed E-state index contributed by atoms with van der Waals surface area (Å²) in [5.41, 5.74) is 5.07. The first-order chi connectivity index (χ1) is 24.5. The average Bonchev–Trinajstić information content (AvgIpc) is 3.64. The summed E-state index contributed by atoms with van der Waals surface area (Å²) in [5, 5.41) is 12.4. The minimum atomic E-state index is -0.915. The Morgan fingerprint density at radius 3 is 2.12 bits per heavy atom. The number of carbonyl (C=O) groups excluding carboxylic acids is 2. The summed E-state index contributed by atoms with van der Waals surface area (Å²) < 4.78 is 5.90. The van der Waals surface area contributed by atoms with Crippen LogP contribution in [0.4, 0.5) is 0 Å². The van der Waals surface area contributed by atoms with E-state index in [1.807, 2.05) is 60.7 Å². The Labute approximate surface area is 301 Å². The molecule has 2 heterocycles. The van der Waals surface area contributed by atoms with E-state index in [2.05, 4.69) is 43.0 Å². The number of rotatable bonds is 15. The molecule has 2 amide bonds. The van der Waals surface area contributed by atoms with Gasteiger partial charge in [0.05, 0.1) is 12.5 Å². The van der Waals surface area contributed by atoms with E-state index >= 15 is 0 Å². The third kappa shape index (κ3) is 10.2. The van der Waals surface area contributed by atoms with E-state index < -0.39 is 17.9 Å². The van der Waals surface area contributed by atoms with E-state index in [0.29, 0.717) is 24.4 Å². The second-order valence-electron chi connectivity index (χ2n) is 14.4. The lowest BCUT2D eigenvalue weighted by molar-refractivity contribution is -0.141. The van der Waals surface area contributed by atoms with Gasteiger partial charge in [0, 0.05) is 48.6 Å². The number of aliphatic carboxylic acids is 1. The van der Waals surface area contributed by atoms with Crippen LogP contribution in [0.1, 0.15) is 87.7 Å². The summed E-state index contributed by atoms with van der Waals surface area (Å²) in [6.07, 6.45) is 10.3. The molecule has 1 aliphatic rings. The lowest BCUT2D eigenvalue weighted by atomic mass is 9.86. The van der Waals surface area contributed by atoms with Crippen LogP contribution in [-0.2, 0) is 21.4 Å². The van der Waals surface area contributed by atoms with Gasteiger partial charge in [0.25, 0.3) is 5.91 Å². The first-order valence-corrected chi connectivity index (χ1v) is 18.1. The predicted molar refractivity (Wildman–Crippen MR) is 200 cm³/mol. The van der Waals surface area contributed by atoms with Gasteiger partial charge in [0.1, 0.15) is 11.8 Å². The van der Waals surface area contributed by atoms with Crippen molar-refractivity contribution < 1.29 is 24.2 Å². The molecule has 2 N–H and O–H groups in total. The van der Waals surface area contributed by atoms with Crippen LogP contribution in [0.25, 0.3) is 22.5 Å². The number of nitrogens with one attached hydrogen (secondary N) is 1. The highest BCUT2D eigenvalue weighted by Crippen LogP contribution is 2.25. The number of amides is 2. The van der Waals surface area contributed by atoms with E-state index in [1.54, 1.807) is 29.4 Å². The Balaban J connectivity index is 1.23. The van der Waals surface area contributed by atoms with Crippen molar-refractivity contribution in [3.05, 3.63) is 102 Å². The van der Waals surface area contributed by atoms with E-state index in [1.165, 1.54) is 25.7 Å². The molecule has 1 fully saturated rings. The number of hydrogen-bond acceptors (Lipinski definition) is 6. The summed E-state index contributed by atoms with van der Waals surface area (Å²) in [5.74, 6) is -0.734. The molecule has 1 saturated heterocycles. The number of nitrogens with zero attached hydrogens (tertiary/aromatic N) is 3. The van der Waals surface area contributed by atoms with Gasteiger partial charge in [0.15, 0.2) is 5.82 Å². The summed E-state index contributed by atoms with van der Waals surface area (Å²) >= 11 is 0. The van der Waals surface area contributed by atoms with Gasteiger partial charge in [-0.3, -0.25) is 14.4 Å². The van der Waals surface area contributed by atoms with E-state index in [0.717, 1.165) is 46.6 Å². The van der Waals surface area contributed by atoms with E-state index in [9.17, 15) is 19.5 Å². The van der Waals surface area contributed by atoms with Gasteiger partial charge < -0.3 is 20.1 Å². The van der Waals surface area contributed by atoms with Crippen LogP contribution in [0.2, 0.25) is 0 Å². The monoisotopic (exact) mass is 690 g/mol. The number of unbranched alkanes of at least 4 members (excludes halogenated alkanes) is 4. The third-order valence-corrected chi connectivity index (χ3v) is 9.47. The van der Waals surface area contributed by atoms with Crippen molar-refractivity contribution in [1.82, 2.24) is 20.2 Å². The summed E-state index contributed by atoms with van der Waals surface area (Å²) in [4.78, 5) is 49.4. The van der Waals surface area contributed by atoms with E-state index in [-0.39, 0.29) is 30.2 Å². The Morgan fingerprint density at radius 1 is 0.863 bits per heavy atom. The number of hydrogen-bond donors (Lipinski definition) is 2. The molecule has 0 saturated carbocycles. The van der Waals surface area contributed by atoms with Crippen molar-refractivity contribution in [1.29, 1.82) is 0 Å². The topological polar surface area (TPSA) is 122 Å². The highest BCUT2D eigenvalue weighted by Gasteiger charge is 2.35. The molecule has 268 valence electrons. The second-order valence-corrected chi connectivity index (χ2v) is 14.4. The zero-order valence-corrected chi connectivity index (χ0v) is 30.2. The summed E-state index contributed by atoms with van der Waals surface area (Å²) in [7, 11) is 0. The minimum absolute atomic E-state index is 0.0576. The molecule has 1 aliphatic heterocycles. The van der Waals surface area contributed by atoms with Crippen LogP contribution in [0.15, 0.2) is 85.2 Å². The molecule has 3 aromatic carbocycles. The predicted octanol–water partition coefficient (Wildman–Crippen LogP) is 7.73. The van der Waals surface area contributed by atoms with Crippen molar-refractivity contribution in [2.24, 2.45) is 5.92 Å². The largest absolute Gasteiger partial charge is 0.494 e. The molecule has 0 spiro atoms.